The molecule has 0 radical (unpaired) electrons. The van der Waals surface area contributed by atoms with Crippen molar-refractivity contribution < 1.29 is 9.05 Å². The third-order valence-electron chi connectivity index (χ3n) is 4.57. The summed E-state index contributed by atoms with van der Waals surface area (Å²) < 4.78 is 11.0. The van der Waals surface area contributed by atoms with Gasteiger partial charge in [-0.1, -0.05) is 45.6 Å². The van der Waals surface area contributed by atoms with E-state index in [-0.39, 0.29) is 5.92 Å². The molecule has 0 saturated carbocycles. The standard InChI is InChI=1S/C19H17Cl2N5O2/c1-8-14(18-23-10(3)25-27-18)16(12-6-5-7-13(20)17(12)21)15(9(2)22-8)19-24-11(4)26-28-19/h5-7,16,22H,1-4H3. The fourth-order valence-corrected chi connectivity index (χ4v) is 3.85. The van der Waals surface area contributed by atoms with Gasteiger partial charge in [0.05, 0.1) is 10.0 Å². The average Bonchev–Trinajstić information content (AvgIpc) is 3.25. The van der Waals surface area contributed by atoms with Crippen molar-refractivity contribution in [3.8, 4) is 0 Å². The van der Waals surface area contributed by atoms with E-state index in [4.69, 9.17) is 32.2 Å². The number of hydrogen-bond donors (Lipinski definition) is 1. The lowest BCUT2D eigenvalue weighted by molar-refractivity contribution is 0.395. The van der Waals surface area contributed by atoms with Crippen LogP contribution >= 0.6 is 23.2 Å². The number of aromatic nitrogens is 4. The largest absolute Gasteiger partial charge is 0.362 e. The summed E-state index contributed by atoms with van der Waals surface area (Å²) in [5.41, 5.74) is 4.07. The maximum absolute atomic E-state index is 6.61. The molecule has 3 aromatic rings. The molecule has 7 nitrogen and oxygen atoms in total. The zero-order valence-corrected chi connectivity index (χ0v) is 17.2. The summed E-state index contributed by atoms with van der Waals surface area (Å²) in [7, 11) is 0. The van der Waals surface area contributed by atoms with Gasteiger partial charge in [-0.2, -0.15) is 9.97 Å². The second-order valence-electron chi connectivity index (χ2n) is 6.57. The topological polar surface area (TPSA) is 89.9 Å². The highest BCUT2D eigenvalue weighted by Gasteiger charge is 2.37. The quantitative estimate of drug-likeness (QED) is 0.645. The molecule has 4 rings (SSSR count). The van der Waals surface area contributed by atoms with Crippen LogP contribution in [0, 0.1) is 13.8 Å². The van der Waals surface area contributed by atoms with Crippen molar-refractivity contribution in [3.05, 3.63) is 68.6 Å². The number of nitrogens with one attached hydrogen (secondary N) is 1. The third kappa shape index (κ3) is 3.10. The number of hydrogen-bond acceptors (Lipinski definition) is 7. The van der Waals surface area contributed by atoms with Gasteiger partial charge in [-0.3, -0.25) is 0 Å². The second-order valence-corrected chi connectivity index (χ2v) is 7.36. The molecule has 1 aromatic carbocycles. The lowest BCUT2D eigenvalue weighted by Crippen LogP contribution is -2.23. The van der Waals surface area contributed by atoms with Gasteiger partial charge in [0.2, 0.25) is 0 Å². The van der Waals surface area contributed by atoms with Crippen LogP contribution in [0.2, 0.25) is 10.0 Å². The van der Waals surface area contributed by atoms with Gasteiger partial charge in [0.25, 0.3) is 11.8 Å². The Labute approximate surface area is 171 Å². The predicted octanol–water partition coefficient (Wildman–Crippen LogP) is 4.93. The number of rotatable bonds is 3. The van der Waals surface area contributed by atoms with Crippen molar-refractivity contribution in [2.75, 3.05) is 0 Å². The smallest absolute Gasteiger partial charge is 0.256 e. The molecule has 1 aliphatic heterocycles. The van der Waals surface area contributed by atoms with Crippen molar-refractivity contribution in [1.29, 1.82) is 0 Å². The summed E-state index contributed by atoms with van der Waals surface area (Å²) in [5, 5.41) is 12.1. The van der Waals surface area contributed by atoms with E-state index in [9.17, 15) is 0 Å². The molecule has 1 aliphatic rings. The molecular formula is C19H17Cl2N5O2. The second kappa shape index (κ2) is 7.07. The van der Waals surface area contributed by atoms with Gasteiger partial charge in [-0.25, -0.2) is 0 Å². The fourth-order valence-electron chi connectivity index (χ4n) is 3.43. The number of halogens is 2. The Balaban J connectivity index is 2.00. The number of allylic oxidation sites excluding steroid dienone is 4. The number of dihydropyridines is 1. The van der Waals surface area contributed by atoms with Gasteiger partial charge in [-0.05, 0) is 39.3 Å². The van der Waals surface area contributed by atoms with Crippen LogP contribution in [0.5, 0.6) is 0 Å². The van der Waals surface area contributed by atoms with Crippen LogP contribution in [0.15, 0.2) is 38.6 Å². The average molecular weight is 418 g/mol. The molecule has 0 bridgehead atoms. The molecule has 28 heavy (non-hydrogen) atoms. The minimum atomic E-state index is -0.382. The summed E-state index contributed by atoms with van der Waals surface area (Å²) in [6.45, 7) is 7.42. The monoisotopic (exact) mass is 417 g/mol. The highest BCUT2D eigenvalue weighted by atomic mass is 35.5. The SMILES string of the molecule is CC1=C(c2nc(C)no2)C(c2cccc(Cl)c2Cl)C(c2nc(C)no2)=C(C)N1. The van der Waals surface area contributed by atoms with Gasteiger partial charge >= 0.3 is 0 Å². The molecule has 0 unspecified atom stereocenters. The highest BCUT2D eigenvalue weighted by Crippen LogP contribution is 2.49. The van der Waals surface area contributed by atoms with Crippen molar-refractivity contribution in [2.45, 2.75) is 33.6 Å². The summed E-state index contributed by atoms with van der Waals surface area (Å²) in [5.74, 6) is 1.47. The van der Waals surface area contributed by atoms with E-state index < -0.39 is 0 Å². The molecule has 0 saturated heterocycles. The van der Waals surface area contributed by atoms with Crippen LogP contribution in [0.4, 0.5) is 0 Å². The Kier molecular flexibility index (Phi) is 4.72. The molecule has 0 amide bonds. The van der Waals surface area contributed by atoms with Crippen molar-refractivity contribution in [2.24, 2.45) is 0 Å². The summed E-state index contributed by atoms with van der Waals surface area (Å²) in [6.07, 6.45) is 0. The predicted molar refractivity (Wildman–Crippen MR) is 106 cm³/mol. The van der Waals surface area contributed by atoms with Crippen LogP contribution in [0.3, 0.4) is 0 Å². The highest BCUT2D eigenvalue weighted by molar-refractivity contribution is 6.42. The number of nitrogens with zero attached hydrogens (tertiary/aromatic N) is 4. The van der Waals surface area contributed by atoms with E-state index in [1.165, 1.54) is 0 Å². The van der Waals surface area contributed by atoms with Gasteiger partial charge < -0.3 is 14.4 Å². The lowest BCUT2D eigenvalue weighted by atomic mass is 9.80. The number of aryl methyl sites for hydroxylation is 2. The van der Waals surface area contributed by atoms with E-state index >= 15 is 0 Å². The van der Waals surface area contributed by atoms with Gasteiger partial charge in [0.15, 0.2) is 11.6 Å². The van der Waals surface area contributed by atoms with Gasteiger partial charge in [-0.15, -0.1) is 0 Å². The van der Waals surface area contributed by atoms with Crippen molar-refractivity contribution in [1.82, 2.24) is 25.6 Å². The zero-order chi connectivity index (χ0) is 20.0. The maximum Gasteiger partial charge on any atom is 0.256 e. The molecule has 0 fully saturated rings. The van der Waals surface area contributed by atoms with Gasteiger partial charge in [0, 0.05) is 28.5 Å². The van der Waals surface area contributed by atoms with E-state index in [2.05, 4.69) is 25.6 Å². The van der Waals surface area contributed by atoms with Crippen molar-refractivity contribution in [3.63, 3.8) is 0 Å². The normalized spacial score (nSPS) is 15.4. The van der Waals surface area contributed by atoms with Gasteiger partial charge in [0.1, 0.15) is 0 Å². The Morgan fingerprint density at radius 1 is 0.857 bits per heavy atom. The Morgan fingerprint density at radius 3 is 1.86 bits per heavy atom. The van der Waals surface area contributed by atoms with Crippen molar-refractivity contribution >= 4 is 34.3 Å². The van der Waals surface area contributed by atoms with Crippen LogP contribution in [-0.2, 0) is 0 Å². The molecule has 9 heteroatoms. The lowest BCUT2D eigenvalue weighted by Gasteiger charge is -2.30. The van der Waals surface area contributed by atoms with E-state index in [0.717, 1.165) is 28.1 Å². The summed E-state index contributed by atoms with van der Waals surface area (Å²) >= 11 is 12.9. The molecule has 0 atom stereocenters. The molecule has 2 aromatic heterocycles. The molecule has 0 aliphatic carbocycles. The minimum absolute atomic E-state index is 0.382. The van der Waals surface area contributed by atoms with E-state index in [0.29, 0.717) is 33.5 Å². The third-order valence-corrected chi connectivity index (χ3v) is 5.40. The summed E-state index contributed by atoms with van der Waals surface area (Å²) in [6, 6.07) is 5.51. The first-order chi connectivity index (χ1) is 13.4. The Morgan fingerprint density at radius 2 is 1.39 bits per heavy atom. The van der Waals surface area contributed by atoms with Crippen LogP contribution in [-0.4, -0.2) is 20.3 Å². The fraction of sp³-hybridized carbons (Fsp3) is 0.263. The zero-order valence-electron chi connectivity index (χ0n) is 15.7. The first kappa shape index (κ1) is 18.7. The van der Waals surface area contributed by atoms with E-state index in [1.54, 1.807) is 19.9 Å². The van der Waals surface area contributed by atoms with Crippen LogP contribution in [0.25, 0.3) is 11.1 Å². The maximum atomic E-state index is 6.61. The first-order valence-corrected chi connectivity index (χ1v) is 9.36. The van der Waals surface area contributed by atoms with Crippen LogP contribution < -0.4 is 5.32 Å². The van der Waals surface area contributed by atoms with Crippen LogP contribution in [0.1, 0.15) is 48.8 Å². The number of benzene rings is 1. The Bertz CT molecular complexity index is 1070. The minimum Gasteiger partial charge on any atom is -0.362 e. The van der Waals surface area contributed by atoms with E-state index in [1.807, 2.05) is 26.0 Å². The first-order valence-electron chi connectivity index (χ1n) is 8.60. The molecular weight excluding hydrogens is 401 g/mol. The molecule has 3 heterocycles. The Hall–Kier alpha value is -2.64. The summed E-state index contributed by atoms with van der Waals surface area (Å²) in [4.78, 5) is 8.86. The molecule has 0 spiro atoms. The molecule has 144 valence electrons. The molecule has 1 N–H and O–H groups in total.